The number of benzene rings is 1. The van der Waals surface area contributed by atoms with Crippen LogP contribution in [0.1, 0.15) is 18.9 Å². The molecule has 1 aromatic heterocycles. The molecule has 0 atom stereocenters. The van der Waals surface area contributed by atoms with Gasteiger partial charge in [-0.3, -0.25) is 0 Å². The summed E-state index contributed by atoms with van der Waals surface area (Å²) in [4.78, 5) is 3.98. The number of nitrogens with zero attached hydrogens (tertiary/aromatic N) is 2. The fraction of sp³-hybridized carbons (Fsp3) is 0.333. The van der Waals surface area contributed by atoms with Gasteiger partial charge < -0.3 is 4.74 Å². The van der Waals surface area contributed by atoms with Crippen LogP contribution in [0, 0.1) is 0 Å². The van der Waals surface area contributed by atoms with Crippen molar-refractivity contribution < 1.29 is 13.2 Å². The third-order valence-electron chi connectivity index (χ3n) is 2.65. The van der Waals surface area contributed by atoms with Gasteiger partial charge in [-0.2, -0.15) is 4.98 Å². The zero-order valence-electron chi connectivity index (χ0n) is 11.3. The second-order valence-electron chi connectivity index (χ2n) is 4.17. The molecule has 0 fully saturated rings. The van der Waals surface area contributed by atoms with E-state index < -0.39 is 10.0 Å². The van der Waals surface area contributed by atoms with Crippen molar-refractivity contribution >= 4 is 16.0 Å². The van der Waals surface area contributed by atoms with Crippen molar-refractivity contribution in [3.05, 3.63) is 29.8 Å². The van der Waals surface area contributed by atoms with E-state index in [1.165, 1.54) is 7.11 Å². The smallest absolute Gasteiger partial charge is 0.336 e. The monoisotopic (exact) mass is 296 g/mol. The van der Waals surface area contributed by atoms with E-state index in [1.807, 2.05) is 0 Å². The number of nitrogens with one attached hydrogen (secondary N) is 2. The molecule has 1 heterocycles. The molecular weight excluding hydrogens is 280 g/mol. The van der Waals surface area contributed by atoms with Gasteiger partial charge in [-0.15, -0.1) is 5.10 Å². The highest BCUT2D eigenvalue weighted by Crippen LogP contribution is 2.15. The third-order valence-corrected chi connectivity index (χ3v) is 4.01. The molecule has 2 rings (SSSR count). The predicted molar refractivity (Wildman–Crippen MR) is 74.2 cm³/mol. The molecule has 20 heavy (non-hydrogen) atoms. The highest BCUT2D eigenvalue weighted by Gasteiger charge is 2.16. The van der Waals surface area contributed by atoms with Gasteiger partial charge in [-0.1, -0.05) is 25.5 Å². The molecule has 0 saturated carbocycles. The third kappa shape index (κ3) is 3.27. The first-order chi connectivity index (χ1) is 9.55. The lowest BCUT2D eigenvalue weighted by atomic mass is 10.1. The van der Waals surface area contributed by atoms with Gasteiger partial charge in [-0.25, -0.2) is 18.2 Å². The summed E-state index contributed by atoms with van der Waals surface area (Å²) in [7, 11) is -2.28. The molecule has 0 amide bonds. The molecule has 0 saturated heterocycles. The van der Waals surface area contributed by atoms with E-state index in [2.05, 4.69) is 26.8 Å². The second-order valence-corrected chi connectivity index (χ2v) is 5.85. The molecule has 2 aromatic rings. The average molecular weight is 296 g/mol. The van der Waals surface area contributed by atoms with Crippen LogP contribution in [0.4, 0.5) is 5.95 Å². The number of aromatic amines is 1. The van der Waals surface area contributed by atoms with Crippen molar-refractivity contribution in [1.82, 2.24) is 15.2 Å². The van der Waals surface area contributed by atoms with Gasteiger partial charge >= 0.3 is 6.01 Å². The van der Waals surface area contributed by atoms with E-state index in [-0.39, 0.29) is 16.9 Å². The Morgan fingerprint density at radius 2 is 2.00 bits per heavy atom. The van der Waals surface area contributed by atoms with Gasteiger partial charge in [-0.05, 0) is 24.1 Å². The van der Waals surface area contributed by atoms with Crippen LogP contribution in [-0.2, 0) is 16.4 Å². The van der Waals surface area contributed by atoms with Gasteiger partial charge in [0.05, 0.1) is 12.0 Å². The van der Waals surface area contributed by atoms with E-state index in [4.69, 9.17) is 4.74 Å². The minimum absolute atomic E-state index is 0.0134. The number of anilines is 1. The Balaban J connectivity index is 2.17. The van der Waals surface area contributed by atoms with Crippen molar-refractivity contribution in [3.63, 3.8) is 0 Å². The molecule has 108 valence electrons. The van der Waals surface area contributed by atoms with E-state index in [1.54, 1.807) is 24.3 Å². The van der Waals surface area contributed by atoms with Crippen molar-refractivity contribution in [2.75, 3.05) is 11.8 Å². The van der Waals surface area contributed by atoms with Crippen LogP contribution in [0.5, 0.6) is 6.01 Å². The maximum absolute atomic E-state index is 12.1. The zero-order chi connectivity index (χ0) is 14.6. The molecule has 0 bridgehead atoms. The maximum atomic E-state index is 12.1. The van der Waals surface area contributed by atoms with Gasteiger partial charge in [0.1, 0.15) is 0 Å². The lowest BCUT2D eigenvalue weighted by Crippen LogP contribution is -2.14. The molecule has 0 unspecified atom stereocenters. The highest BCUT2D eigenvalue weighted by atomic mass is 32.2. The van der Waals surface area contributed by atoms with E-state index in [0.29, 0.717) is 0 Å². The van der Waals surface area contributed by atoms with E-state index >= 15 is 0 Å². The van der Waals surface area contributed by atoms with Crippen LogP contribution in [0.2, 0.25) is 0 Å². The number of rotatable bonds is 6. The Kier molecular flexibility index (Phi) is 4.23. The lowest BCUT2D eigenvalue weighted by molar-refractivity contribution is 0.382. The fourth-order valence-electron chi connectivity index (χ4n) is 1.69. The molecule has 0 spiro atoms. The summed E-state index contributed by atoms with van der Waals surface area (Å²) >= 11 is 0. The van der Waals surface area contributed by atoms with E-state index in [0.717, 1.165) is 18.4 Å². The number of hydrogen-bond acceptors (Lipinski definition) is 5. The summed E-state index contributed by atoms with van der Waals surface area (Å²) in [5.41, 5.74) is 1.10. The molecular formula is C12H16N4O3S. The number of H-pyrrole nitrogens is 1. The summed E-state index contributed by atoms with van der Waals surface area (Å²) in [5.74, 6) is 0.0134. The molecule has 0 radical (unpaired) electrons. The van der Waals surface area contributed by atoms with E-state index in [9.17, 15) is 8.42 Å². The Morgan fingerprint density at radius 3 is 2.55 bits per heavy atom. The van der Waals surface area contributed by atoms with Gasteiger partial charge in [0.25, 0.3) is 10.0 Å². The first-order valence-electron chi connectivity index (χ1n) is 6.13. The topological polar surface area (TPSA) is 97.0 Å². The van der Waals surface area contributed by atoms with Crippen molar-refractivity contribution in [2.45, 2.75) is 24.7 Å². The number of hydrogen-bond donors (Lipinski definition) is 2. The average Bonchev–Trinajstić information content (AvgIpc) is 2.87. The second kappa shape index (κ2) is 5.91. The van der Waals surface area contributed by atoms with Gasteiger partial charge in [0.2, 0.25) is 5.95 Å². The molecule has 8 heteroatoms. The molecule has 0 aliphatic heterocycles. The fourth-order valence-corrected chi connectivity index (χ4v) is 2.65. The molecule has 0 aliphatic carbocycles. The Bertz CT molecular complexity index is 664. The number of ether oxygens (including phenoxy) is 1. The van der Waals surface area contributed by atoms with Crippen LogP contribution >= 0.6 is 0 Å². The normalized spacial score (nSPS) is 11.3. The Hall–Kier alpha value is -2.09. The minimum atomic E-state index is -3.68. The largest absolute Gasteiger partial charge is 0.466 e. The Morgan fingerprint density at radius 1 is 1.30 bits per heavy atom. The summed E-state index contributed by atoms with van der Waals surface area (Å²) in [6.07, 6.45) is 1.94. The summed E-state index contributed by atoms with van der Waals surface area (Å²) < 4.78 is 31.3. The summed E-state index contributed by atoms with van der Waals surface area (Å²) in [5, 5.41) is 6.10. The summed E-state index contributed by atoms with van der Waals surface area (Å²) in [6.45, 7) is 2.07. The van der Waals surface area contributed by atoms with Crippen molar-refractivity contribution in [3.8, 4) is 6.01 Å². The van der Waals surface area contributed by atoms with Crippen LogP contribution in [-0.4, -0.2) is 30.7 Å². The molecule has 1 aromatic carbocycles. The lowest BCUT2D eigenvalue weighted by Gasteiger charge is -2.05. The zero-order valence-corrected chi connectivity index (χ0v) is 12.1. The molecule has 7 nitrogen and oxygen atoms in total. The quantitative estimate of drug-likeness (QED) is 0.843. The van der Waals surface area contributed by atoms with Crippen molar-refractivity contribution in [1.29, 1.82) is 0 Å². The number of aromatic nitrogens is 3. The van der Waals surface area contributed by atoms with Crippen LogP contribution < -0.4 is 9.46 Å². The molecule has 0 aliphatic rings. The first-order valence-corrected chi connectivity index (χ1v) is 7.61. The van der Waals surface area contributed by atoms with Gasteiger partial charge in [0, 0.05) is 0 Å². The number of aryl methyl sites for hydroxylation is 1. The highest BCUT2D eigenvalue weighted by molar-refractivity contribution is 7.92. The minimum Gasteiger partial charge on any atom is -0.466 e. The maximum Gasteiger partial charge on any atom is 0.336 e. The molecule has 2 N–H and O–H groups in total. The predicted octanol–water partition coefficient (Wildman–Crippen LogP) is 1.57. The van der Waals surface area contributed by atoms with Crippen molar-refractivity contribution in [2.24, 2.45) is 0 Å². The Labute approximate surface area is 117 Å². The number of sulfonamides is 1. The number of methoxy groups -OCH3 is 1. The first kappa shape index (κ1) is 14.3. The SMILES string of the molecule is CCCc1ccc(S(=O)(=O)Nc2nc(OC)n[nH]2)cc1. The van der Waals surface area contributed by atoms with Crippen LogP contribution in [0.3, 0.4) is 0 Å². The van der Waals surface area contributed by atoms with Crippen LogP contribution in [0.25, 0.3) is 0 Å². The van der Waals surface area contributed by atoms with Gasteiger partial charge in [0.15, 0.2) is 0 Å². The summed E-state index contributed by atoms with van der Waals surface area (Å²) in [6, 6.07) is 6.82. The standard InChI is InChI=1S/C12H16N4O3S/c1-3-4-9-5-7-10(8-6-9)20(17,18)16-11-13-12(19-2)15-14-11/h5-8H,3-4H2,1-2H3,(H2,13,14,15,16). The van der Waals surface area contributed by atoms with Crippen LogP contribution in [0.15, 0.2) is 29.2 Å².